The Kier molecular flexibility index (Phi) is 1.73. The van der Waals surface area contributed by atoms with Crippen molar-refractivity contribution in [3.05, 3.63) is 0 Å². The molecule has 8 rings (SSSR count). The van der Waals surface area contributed by atoms with Gasteiger partial charge in [-0.15, -0.1) is 0 Å². The molecule has 24 heavy (non-hydrogen) atoms. The number of fused-ring (bicyclic) bond motifs is 4. The second-order valence-corrected chi connectivity index (χ2v) is 10.2. The van der Waals surface area contributed by atoms with Gasteiger partial charge in [-0.05, 0) is 61.2 Å². The van der Waals surface area contributed by atoms with Crippen molar-refractivity contribution in [1.29, 1.82) is 0 Å². The van der Waals surface area contributed by atoms with E-state index in [0.29, 0.717) is 59.2 Å². The Labute approximate surface area is 140 Å². The number of carbonyl (C=O) groups is 2. The van der Waals surface area contributed by atoms with E-state index in [9.17, 15) is 9.59 Å². The standard InChI is InChI=1S/C20H22O4/c21-5-19-15-7-1-3-9-11(7)17-13(15)14-16(20(17,6-22)23-9)8-2-4-10(24-19)12(8)18(14)19/h5-18H,1-4H2/t7-,8+,9-,10-,11-,12-,13+,14+,15-,16+,17+,18+,19-,20+/m0/s1. The van der Waals surface area contributed by atoms with E-state index in [-0.39, 0.29) is 12.2 Å². The third-order valence-corrected chi connectivity index (χ3v) is 10.4. The number of ether oxygens (including phenoxy) is 2. The summed E-state index contributed by atoms with van der Waals surface area (Å²) in [6.45, 7) is 0. The zero-order chi connectivity index (χ0) is 15.6. The molecule has 4 heteroatoms. The van der Waals surface area contributed by atoms with Gasteiger partial charge in [-0.3, -0.25) is 0 Å². The number of hydrogen-bond donors (Lipinski definition) is 0. The van der Waals surface area contributed by atoms with E-state index >= 15 is 0 Å². The molecule has 0 radical (unpaired) electrons. The zero-order valence-electron chi connectivity index (χ0n) is 13.5. The number of hydrogen-bond acceptors (Lipinski definition) is 4. The molecule has 2 saturated heterocycles. The molecule has 6 aliphatic carbocycles. The SMILES string of the molecule is O=C[C@]12O[C@H]3CC[C@H]4[C@@H]3[C@@H]1[C@@H]1[C@H]3[C@H]5[C@H]6[C@@H](CC[C@@H]6O[C@@]5(C=O)[C@@H]41)[C@H]32. The van der Waals surface area contributed by atoms with Crippen molar-refractivity contribution in [3.8, 4) is 0 Å². The molecular weight excluding hydrogens is 304 g/mol. The molecule has 0 N–H and O–H groups in total. The first-order valence-corrected chi connectivity index (χ1v) is 10.0. The van der Waals surface area contributed by atoms with Gasteiger partial charge in [0.1, 0.15) is 11.2 Å². The highest BCUT2D eigenvalue weighted by atomic mass is 16.5. The molecule has 0 aromatic heterocycles. The number of rotatable bonds is 2. The van der Waals surface area contributed by atoms with Crippen LogP contribution in [0.4, 0.5) is 0 Å². The van der Waals surface area contributed by atoms with E-state index in [1.165, 1.54) is 25.4 Å². The van der Waals surface area contributed by atoms with E-state index in [4.69, 9.17) is 9.47 Å². The Morgan fingerprint density at radius 2 is 1.08 bits per heavy atom. The van der Waals surface area contributed by atoms with E-state index < -0.39 is 11.2 Å². The molecule has 2 heterocycles. The summed E-state index contributed by atoms with van der Waals surface area (Å²) in [6, 6.07) is 0. The molecule has 0 aromatic rings. The van der Waals surface area contributed by atoms with E-state index in [1.54, 1.807) is 0 Å². The van der Waals surface area contributed by atoms with Gasteiger partial charge in [0.15, 0.2) is 12.6 Å². The minimum atomic E-state index is -0.503. The van der Waals surface area contributed by atoms with Gasteiger partial charge in [0.2, 0.25) is 0 Å². The first-order valence-electron chi connectivity index (χ1n) is 10.0. The summed E-state index contributed by atoms with van der Waals surface area (Å²) in [6.07, 6.45) is 7.52. The molecule has 0 spiro atoms. The summed E-state index contributed by atoms with van der Waals surface area (Å²) < 4.78 is 13.3. The number of carbonyl (C=O) groups excluding carboxylic acids is 2. The molecule has 8 aliphatic rings. The first-order chi connectivity index (χ1) is 11.8. The van der Waals surface area contributed by atoms with Crippen LogP contribution in [-0.4, -0.2) is 36.0 Å². The monoisotopic (exact) mass is 326 g/mol. The molecule has 0 amide bonds. The summed E-state index contributed by atoms with van der Waals surface area (Å²) in [5.74, 6) is 4.72. The topological polar surface area (TPSA) is 52.6 Å². The van der Waals surface area contributed by atoms with Crippen LogP contribution in [-0.2, 0) is 19.1 Å². The second-order valence-electron chi connectivity index (χ2n) is 10.2. The van der Waals surface area contributed by atoms with Crippen LogP contribution in [0.1, 0.15) is 25.7 Å². The van der Waals surface area contributed by atoms with Crippen molar-refractivity contribution in [3.63, 3.8) is 0 Å². The highest BCUT2D eigenvalue weighted by Crippen LogP contribution is 2.85. The van der Waals surface area contributed by atoms with Gasteiger partial charge in [0, 0.05) is 23.7 Å². The third kappa shape index (κ3) is 0.851. The van der Waals surface area contributed by atoms with Crippen LogP contribution < -0.4 is 0 Å². The molecule has 2 aliphatic heterocycles. The summed E-state index contributed by atoms with van der Waals surface area (Å²) >= 11 is 0. The minimum Gasteiger partial charge on any atom is -0.363 e. The van der Waals surface area contributed by atoms with E-state index in [0.717, 1.165) is 12.8 Å². The maximum atomic E-state index is 12.5. The lowest BCUT2D eigenvalue weighted by Crippen LogP contribution is -2.46. The van der Waals surface area contributed by atoms with Gasteiger partial charge in [-0.25, -0.2) is 0 Å². The molecule has 4 nitrogen and oxygen atoms in total. The van der Waals surface area contributed by atoms with Gasteiger partial charge in [0.05, 0.1) is 12.2 Å². The van der Waals surface area contributed by atoms with E-state index in [2.05, 4.69) is 0 Å². The average molecular weight is 326 g/mol. The quantitative estimate of drug-likeness (QED) is 0.721. The Balaban J connectivity index is 1.47. The molecule has 0 aromatic carbocycles. The smallest absolute Gasteiger partial charge is 0.152 e. The van der Waals surface area contributed by atoms with Gasteiger partial charge < -0.3 is 19.1 Å². The molecular formula is C20H22O4. The molecule has 6 saturated carbocycles. The van der Waals surface area contributed by atoms with Crippen LogP contribution >= 0.6 is 0 Å². The van der Waals surface area contributed by atoms with Gasteiger partial charge in [-0.2, -0.15) is 0 Å². The molecule has 14 atom stereocenters. The van der Waals surface area contributed by atoms with Crippen molar-refractivity contribution in [2.24, 2.45) is 59.2 Å². The molecule has 126 valence electrons. The highest BCUT2D eigenvalue weighted by Gasteiger charge is 2.90. The normalized spacial score (nSPS) is 76.8. The lowest BCUT2D eigenvalue weighted by molar-refractivity contribution is -0.150. The van der Waals surface area contributed by atoms with Crippen molar-refractivity contribution in [2.75, 3.05) is 0 Å². The maximum absolute atomic E-state index is 12.5. The fraction of sp³-hybridized carbons (Fsp3) is 0.900. The summed E-state index contributed by atoms with van der Waals surface area (Å²) in [5.41, 5.74) is -1.01. The zero-order valence-corrected chi connectivity index (χ0v) is 13.5. The van der Waals surface area contributed by atoms with Gasteiger partial charge >= 0.3 is 0 Å². The highest BCUT2D eigenvalue weighted by molar-refractivity contribution is 5.73. The van der Waals surface area contributed by atoms with Crippen molar-refractivity contribution in [1.82, 2.24) is 0 Å². The predicted molar refractivity (Wildman–Crippen MR) is 80.7 cm³/mol. The third-order valence-electron chi connectivity index (χ3n) is 10.4. The predicted octanol–water partition coefficient (Wildman–Crippen LogP) is 1.46. The van der Waals surface area contributed by atoms with Gasteiger partial charge in [0.25, 0.3) is 0 Å². The van der Waals surface area contributed by atoms with Crippen molar-refractivity contribution >= 4 is 12.6 Å². The number of aldehydes is 2. The van der Waals surface area contributed by atoms with Gasteiger partial charge in [-0.1, -0.05) is 0 Å². The van der Waals surface area contributed by atoms with Crippen LogP contribution in [0.3, 0.4) is 0 Å². The lowest BCUT2D eigenvalue weighted by Gasteiger charge is -2.35. The maximum Gasteiger partial charge on any atom is 0.152 e. The Bertz CT molecular complexity index is 660. The van der Waals surface area contributed by atoms with Crippen molar-refractivity contribution in [2.45, 2.75) is 49.1 Å². The Hall–Kier alpha value is -0.740. The summed E-state index contributed by atoms with van der Waals surface area (Å²) in [5, 5.41) is 0. The minimum absolute atomic E-state index is 0.273. The lowest BCUT2D eigenvalue weighted by atomic mass is 9.72. The Morgan fingerprint density at radius 3 is 1.50 bits per heavy atom. The first kappa shape index (κ1) is 12.6. The van der Waals surface area contributed by atoms with E-state index in [1.807, 2.05) is 0 Å². The molecule has 8 fully saturated rings. The summed E-state index contributed by atoms with van der Waals surface area (Å²) in [7, 11) is 0. The van der Waals surface area contributed by atoms with Crippen LogP contribution in [0.2, 0.25) is 0 Å². The van der Waals surface area contributed by atoms with Crippen LogP contribution in [0.25, 0.3) is 0 Å². The molecule has 0 unspecified atom stereocenters. The average Bonchev–Trinajstić information content (AvgIpc) is 3.36. The Morgan fingerprint density at radius 1 is 0.625 bits per heavy atom. The fourth-order valence-corrected chi connectivity index (χ4v) is 10.8. The van der Waals surface area contributed by atoms with Crippen molar-refractivity contribution < 1.29 is 19.1 Å². The second kappa shape index (κ2) is 3.29. The fourth-order valence-electron chi connectivity index (χ4n) is 10.8. The molecule has 0 bridgehead atoms. The van der Waals surface area contributed by atoms with Crippen LogP contribution in [0.5, 0.6) is 0 Å². The summed E-state index contributed by atoms with van der Waals surface area (Å²) in [4.78, 5) is 24.9. The van der Waals surface area contributed by atoms with Crippen LogP contribution in [0, 0.1) is 59.2 Å². The van der Waals surface area contributed by atoms with Crippen LogP contribution in [0.15, 0.2) is 0 Å². The largest absolute Gasteiger partial charge is 0.363 e.